The van der Waals surface area contributed by atoms with Crippen LogP contribution in [0.5, 0.6) is 0 Å². The number of carbonyl (C=O) groups excluding carboxylic acids is 3. The number of imide groups is 1. The van der Waals surface area contributed by atoms with Gasteiger partial charge in [-0.15, -0.1) is 11.8 Å². The molecule has 0 saturated carbocycles. The van der Waals surface area contributed by atoms with E-state index >= 15 is 0 Å². The maximum Gasteiger partial charge on any atom is 0.249 e. The minimum atomic E-state index is -1.07. The average Bonchev–Trinajstić information content (AvgIpc) is 2.97. The summed E-state index contributed by atoms with van der Waals surface area (Å²) < 4.78 is 0. The summed E-state index contributed by atoms with van der Waals surface area (Å²) in [5, 5.41) is 2.42. The number of thioether (sulfide) groups is 1. The van der Waals surface area contributed by atoms with Gasteiger partial charge >= 0.3 is 0 Å². The van der Waals surface area contributed by atoms with E-state index in [2.05, 4.69) is 5.32 Å². The van der Waals surface area contributed by atoms with Crippen molar-refractivity contribution in [2.75, 3.05) is 5.32 Å². The Morgan fingerprint density at radius 3 is 2.24 bits per heavy atom. The van der Waals surface area contributed by atoms with Gasteiger partial charge in [-0.1, -0.05) is 72.8 Å². The number of hydrogen-bond donors (Lipinski definition) is 2. The van der Waals surface area contributed by atoms with Gasteiger partial charge in [0.05, 0.1) is 23.4 Å². The van der Waals surface area contributed by atoms with Crippen molar-refractivity contribution in [1.29, 1.82) is 0 Å². The van der Waals surface area contributed by atoms with Crippen LogP contribution in [0.25, 0.3) is 0 Å². The van der Waals surface area contributed by atoms with Gasteiger partial charge in [-0.2, -0.15) is 0 Å². The highest BCUT2D eigenvalue weighted by Crippen LogP contribution is 2.45. The SMILES string of the molecule is C[C@H](N)C(=O)N(C(=O)Cc1ccccc1)[C@@H]1C(=O)Nc2ccccc2S[C@@H]1c1ccccc1. The molecule has 6 nitrogen and oxygen atoms in total. The highest BCUT2D eigenvalue weighted by molar-refractivity contribution is 7.99. The van der Waals surface area contributed by atoms with Crippen molar-refractivity contribution < 1.29 is 14.4 Å². The summed E-state index contributed by atoms with van der Waals surface area (Å²) >= 11 is 1.45. The van der Waals surface area contributed by atoms with Gasteiger partial charge in [0, 0.05) is 4.90 Å². The molecular weight excluding hydrogens is 434 g/mol. The van der Waals surface area contributed by atoms with E-state index < -0.39 is 35.1 Å². The second-order valence-electron chi connectivity index (χ2n) is 7.93. The molecule has 0 radical (unpaired) electrons. The molecule has 0 saturated heterocycles. The number of nitrogens with one attached hydrogen (secondary N) is 1. The summed E-state index contributed by atoms with van der Waals surface area (Å²) in [7, 11) is 0. The Balaban J connectivity index is 1.80. The van der Waals surface area contributed by atoms with Gasteiger partial charge in [0.1, 0.15) is 6.04 Å². The second kappa shape index (κ2) is 10.0. The summed E-state index contributed by atoms with van der Waals surface area (Å²) in [4.78, 5) is 42.3. The molecule has 0 unspecified atom stereocenters. The lowest BCUT2D eigenvalue weighted by Crippen LogP contribution is -2.56. The Labute approximate surface area is 197 Å². The first-order chi connectivity index (χ1) is 16.0. The zero-order valence-electron chi connectivity index (χ0n) is 18.2. The summed E-state index contributed by atoms with van der Waals surface area (Å²) in [6.45, 7) is 1.53. The molecule has 3 amide bonds. The van der Waals surface area contributed by atoms with Crippen LogP contribution >= 0.6 is 11.8 Å². The lowest BCUT2D eigenvalue weighted by Gasteiger charge is -2.34. The fourth-order valence-electron chi connectivity index (χ4n) is 3.85. The fourth-order valence-corrected chi connectivity index (χ4v) is 5.20. The molecule has 3 atom stereocenters. The van der Waals surface area contributed by atoms with E-state index in [-0.39, 0.29) is 6.42 Å². The maximum absolute atomic E-state index is 13.6. The highest BCUT2D eigenvalue weighted by atomic mass is 32.2. The van der Waals surface area contributed by atoms with Gasteiger partial charge in [-0.05, 0) is 30.2 Å². The van der Waals surface area contributed by atoms with Gasteiger partial charge in [-0.3, -0.25) is 19.3 Å². The number of benzene rings is 3. The van der Waals surface area contributed by atoms with Crippen LogP contribution in [0.2, 0.25) is 0 Å². The van der Waals surface area contributed by atoms with Crippen LogP contribution in [0.1, 0.15) is 23.3 Å². The zero-order valence-corrected chi connectivity index (χ0v) is 19.0. The first-order valence-electron chi connectivity index (χ1n) is 10.7. The summed E-state index contributed by atoms with van der Waals surface area (Å²) in [6.07, 6.45) is -0.0117. The number of hydrogen-bond acceptors (Lipinski definition) is 5. The van der Waals surface area contributed by atoms with E-state index in [0.29, 0.717) is 5.69 Å². The van der Waals surface area contributed by atoms with Crippen molar-refractivity contribution in [3.05, 3.63) is 96.1 Å². The Morgan fingerprint density at radius 1 is 0.970 bits per heavy atom. The predicted octanol–water partition coefficient (Wildman–Crippen LogP) is 3.79. The number of anilines is 1. The molecule has 4 rings (SSSR count). The van der Waals surface area contributed by atoms with Crippen LogP contribution in [-0.4, -0.2) is 34.7 Å². The minimum absolute atomic E-state index is 0.0117. The zero-order chi connectivity index (χ0) is 23.4. The number of fused-ring (bicyclic) bond motifs is 1. The van der Waals surface area contributed by atoms with E-state index in [1.54, 1.807) is 0 Å². The maximum atomic E-state index is 13.6. The molecule has 0 aliphatic carbocycles. The molecule has 0 bridgehead atoms. The van der Waals surface area contributed by atoms with Gasteiger partial charge in [0.2, 0.25) is 17.7 Å². The highest BCUT2D eigenvalue weighted by Gasteiger charge is 2.44. The first-order valence-corrected chi connectivity index (χ1v) is 11.6. The van der Waals surface area contributed by atoms with E-state index in [0.717, 1.165) is 20.9 Å². The molecule has 1 aliphatic rings. The van der Waals surface area contributed by atoms with Crippen LogP contribution < -0.4 is 11.1 Å². The molecule has 168 valence electrons. The van der Waals surface area contributed by atoms with E-state index in [1.807, 2.05) is 84.9 Å². The molecule has 7 heteroatoms. The molecule has 3 aromatic carbocycles. The molecule has 1 heterocycles. The molecule has 3 aromatic rings. The quantitative estimate of drug-likeness (QED) is 0.606. The van der Waals surface area contributed by atoms with E-state index in [4.69, 9.17) is 5.73 Å². The second-order valence-corrected chi connectivity index (χ2v) is 9.12. The minimum Gasteiger partial charge on any atom is -0.323 e. The third-order valence-electron chi connectivity index (χ3n) is 5.45. The van der Waals surface area contributed by atoms with E-state index in [1.165, 1.54) is 18.7 Å². The van der Waals surface area contributed by atoms with Crippen molar-refractivity contribution >= 4 is 35.2 Å². The lowest BCUT2D eigenvalue weighted by molar-refractivity contribution is -0.151. The van der Waals surface area contributed by atoms with Crippen molar-refractivity contribution in [2.45, 2.75) is 35.6 Å². The van der Waals surface area contributed by atoms with Crippen molar-refractivity contribution in [3.8, 4) is 0 Å². The smallest absolute Gasteiger partial charge is 0.249 e. The van der Waals surface area contributed by atoms with Crippen LogP contribution in [0.4, 0.5) is 5.69 Å². The first kappa shape index (κ1) is 22.8. The monoisotopic (exact) mass is 459 g/mol. The van der Waals surface area contributed by atoms with Crippen molar-refractivity contribution in [3.63, 3.8) is 0 Å². The standard InChI is InChI=1S/C26H25N3O3S/c1-17(27)26(32)29(22(30)16-18-10-4-2-5-11-18)23-24(19-12-6-3-7-13-19)33-21-15-9-8-14-20(21)28-25(23)31/h2-15,17,23-24H,16,27H2,1H3,(H,28,31)/t17-,23-,24+/m0/s1. The number of nitrogens with zero attached hydrogens (tertiary/aromatic N) is 1. The Hall–Kier alpha value is -3.42. The third kappa shape index (κ3) is 4.99. The summed E-state index contributed by atoms with van der Waals surface area (Å²) in [5.41, 5.74) is 8.20. The summed E-state index contributed by atoms with van der Waals surface area (Å²) in [5.74, 6) is -1.46. The predicted molar refractivity (Wildman–Crippen MR) is 130 cm³/mol. The molecular formula is C26H25N3O3S. The van der Waals surface area contributed by atoms with Crippen LogP contribution in [0.15, 0.2) is 89.8 Å². The van der Waals surface area contributed by atoms with Gasteiger partial charge in [0.25, 0.3) is 0 Å². The van der Waals surface area contributed by atoms with Gasteiger partial charge in [-0.25, -0.2) is 0 Å². The molecule has 0 aromatic heterocycles. The molecule has 0 spiro atoms. The Morgan fingerprint density at radius 2 is 1.58 bits per heavy atom. The number of amides is 3. The van der Waals surface area contributed by atoms with Gasteiger partial charge in [0.15, 0.2) is 0 Å². The Kier molecular flexibility index (Phi) is 6.91. The number of rotatable bonds is 5. The lowest BCUT2D eigenvalue weighted by atomic mass is 10.0. The van der Waals surface area contributed by atoms with Crippen molar-refractivity contribution in [2.24, 2.45) is 5.73 Å². The molecule has 0 fully saturated rings. The topological polar surface area (TPSA) is 92.5 Å². The Bertz CT molecular complexity index is 1150. The normalized spacial score (nSPS) is 18.4. The largest absolute Gasteiger partial charge is 0.323 e. The van der Waals surface area contributed by atoms with Crippen LogP contribution in [0, 0.1) is 0 Å². The van der Waals surface area contributed by atoms with Gasteiger partial charge < -0.3 is 11.1 Å². The van der Waals surface area contributed by atoms with E-state index in [9.17, 15) is 14.4 Å². The molecule has 1 aliphatic heterocycles. The van der Waals surface area contributed by atoms with Crippen molar-refractivity contribution in [1.82, 2.24) is 4.90 Å². The molecule has 3 N–H and O–H groups in total. The number of nitrogens with two attached hydrogens (primary N) is 1. The van der Waals surface area contributed by atoms with Crippen LogP contribution in [-0.2, 0) is 20.8 Å². The molecule has 33 heavy (non-hydrogen) atoms. The average molecular weight is 460 g/mol. The van der Waals surface area contributed by atoms with Crippen LogP contribution in [0.3, 0.4) is 0 Å². The summed E-state index contributed by atoms with van der Waals surface area (Å²) in [6, 6.07) is 24.1. The number of carbonyl (C=O) groups is 3. The number of para-hydroxylation sites is 1. The fraction of sp³-hybridized carbons (Fsp3) is 0.192. The third-order valence-corrected chi connectivity index (χ3v) is 6.85.